The fourth-order valence-corrected chi connectivity index (χ4v) is 5.70. The molecule has 2 aliphatic heterocycles. The van der Waals surface area contributed by atoms with Crippen molar-refractivity contribution < 1.29 is 24.3 Å². The Labute approximate surface area is 246 Å². The predicted molar refractivity (Wildman–Crippen MR) is 156 cm³/mol. The van der Waals surface area contributed by atoms with Crippen LogP contribution in [0.5, 0.6) is 0 Å². The van der Waals surface area contributed by atoms with Crippen LogP contribution < -0.4 is 10.6 Å². The van der Waals surface area contributed by atoms with Crippen LogP contribution in [0.15, 0.2) is 72.6 Å². The van der Waals surface area contributed by atoms with Gasteiger partial charge in [0.15, 0.2) is 0 Å². The summed E-state index contributed by atoms with van der Waals surface area (Å²) < 4.78 is 6.06. The summed E-state index contributed by atoms with van der Waals surface area (Å²) in [5.41, 5.74) is 1.25. The number of hydrogen-bond donors (Lipinski definition) is 3. The van der Waals surface area contributed by atoms with Crippen molar-refractivity contribution in [2.24, 2.45) is 11.8 Å². The van der Waals surface area contributed by atoms with Gasteiger partial charge in [-0.1, -0.05) is 48.0 Å². The number of halogens is 1. The predicted octanol–water partition coefficient (Wildman–Crippen LogP) is 4.06. The van der Waals surface area contributed by atoms with Crippen LogP contribution in [0.1, 0.15) is 37.7 Å². The van der Waals surface area contributed by atoms with Gasteiger partial charge in [-0.2, -0.15) is 0 Å². The number of nitrogens with zero attached hydrogens (tertiary/aromatic N) is 2. The Balaban J connectivity index is 1.01. The molecule has 41 heavy (non-hydrogen) atoms. The van der Waals surface area contributed by atoms with Gasteiger partial charge < -0.3 is 24.9 Å². The summed E-state index contributed by atoms with van der Waals surface area (Å²) in [4.78, 5) is 32.6. The van der Waals surface area contributed by atoms with Crippen molar-refractivity contribution in [2.75, 3.05) is 26.2 Å². The maximum absolute atomic E-state index is 12.9. The quantitative estimate of drug-likeness (QED) is 0.382. The number of likely N-dealkylation sites (tertiary alicyclic amines) is 1. The van der Waals surface area contributed by atoms with E-state index < -0.39 is 24.4 Å². The molecule has 0 bridgehead atoms. The fourth-order valence-electron chi connectivity index (χ4n) is 5.57. The minimum absolute atomic E-state index is 0.0459. The Morgan fingerprint density at radius 1 is 1.10 bits per heavy atom. The highest BCUT2D eigenvalue weighted by Crippen LogP contribution is 2.24. The van der Waals surface area contributed by atoms with Crippen LogP contribution in [0.3, 0.4) is 0 Å². The summed E-state index contributed by atoms with van der Waals surface area (Å²) in [6, 6.07) is 7.21. The molecule has 1 aromatic carbocycles. The molecule has 4 aliphatic rings. The topological polar surface area (TPSA) is 103 Å². The molecule has 4 unspecified atom stereocenters. The van der Waals surface area contributed by atoms with E-state index in [9.17, 15) is 14.7 Å². The number of allylic oxidation sites excluding steroid dienone is 4. The van der Waals surface area contributed by atoms with Gasteiger partial charge in [-0.05, 0) is 79.9 Å². The molecule has 2 fully saturated rings. The van der Waals surface area contributed by atoms with Crippen molar-refractivity contribution >= 4 is 23.6 Å². The van der Waals surface area contributed by atoms with Crippen molar-refractivity contribution in [2.45, 2.75) is 57.0 Å². The van der Waals surface area contributed by atoms with E-state index in [1.54, 1.807) is 4.90 Å². The molecule has 2 heterocycles. The van der Waals surface area contributed by atoms with Crippen LogP contribution in [0, 0.1) is 11.8 Å². The van der Waals surface area contributed by atoms with E-state index in [1.165, 1.54) is 5.56 Å². The van der Waals surface area contributed by atoms with Gasteiger partial charge in [0.05, 0.1) is 0 Å². The number of aliphatic hydroxyl groups is 1. The monoisotopic (exact) mass is 582 g/mol. The van der Waals surface area contributed by atoms with E-state index in [0.717, 1.165) is 54.4 Å². The smallest absolute Gasteiger partial charge is 0.434 e. The molecule has 1 aromatic rings. The molecule has 9 nitrogen and oxygen atoms in total. The summed E-state index contributed by atoms with van der Waals surface area (Å²) in [6.07, 6.45) is 17.9. The highest BCUT2D eigenvalue weighted by Gasteiger charge is 2.41. The van der Waals surface area contributed by atoms with Gasteiger partial charge in [0.1, 0.15) is 17.9 Å². The summed E-state index contributed by atoms with van der Waals surface area (Å²) in [6.45, 7) is 2.06. The molecule has 220 valence electrons. The van der Waals surface area contributed by atoms with Gasteiger partial charge in [-0.15, -0.1) is 5.06 Å². The zero-order chi connectivity index (χ0) is 28.6. The second-order valence-corrected chi connectivity index (χ2v) is 11.5. The first-order chi connectivity index (χ1) is 19.9. The minimum Gasteiger partial charge on any atom is -0.486 e. The van der Waals surface area contributed by atoms with E-state index in [4.69, 9.17) is 21.2 Å². The van der Waals surface area contributed by atoms with Crippen LogP contribution in [-0.2, 0) is 20.8 Å². The highest BCUT2D eigenvalue weighted by molar-refractivity contribution is 6.30. The molecule has 0 radical (unpaired) electrons. The van der Waals surface area contributed by atoms with Crippen LogP contribution in [-0.4, -0.2) is 71.7 Å². The molecular formula is C31H39ClN4O5. The number of hydroxylamine groups is 2. The number of piperidine rings is 1. The number of nitrogens with one attached hydrogen (secondary N) is 2. The van der Waals surface area contributed by atoms with Gasteiger partial charge in [-0.25, -0.2) is 4.79 Å². The standard InChI is InChI=1S/C31H39ClN4O5/c32-25-13-11-22(12-14-25)9-10-23-15-17-35(18-16-23)31(39)41-36-29(37)28(34-30(36)38)21-33-20-24-5-4-8-27(19-24)40-26-6-2-1-3-7-26/h1-4,6,8,11-14,19,23-24,26,28,30,33-34,38H,5,7,9-10,15-18,20-21H2. The van der Waals surface area contributed by atoms with Gasteiger partial charge in [-0.3, -0.25) is 10.1 Å². The lowest BCUT2D eigenvalue weighted by atomic mass is 9.91. The van der Waals surface area contributed by atoms with E-state index in [-0.39, 0.29) is 12.0 Å². The second-order valence-electron chi connectivity index (χ2n) is 11.0. The first-order valence-corrected chi connectivity index (χ1v) is 14.9. The lowest BCUT2D eigenvalue weighted by Crippen LogP contribution is -2.45. The normalized spacial score (nSPS) is 26.4. The zero-order valence-corrected chi connectivity index (χ0v) is 23.9. The number of amides is 2. The second kappa shape index (κ2) is 14.2. The van der Waals surface area contributed by atoms with Crippen molar-refractivity contribution in [3.63, 3.8) is 0 Å². The van der Waals surface area contributed by atoms with Crippen LogP contribution >= 0.6 is 11.6 Å². The maximum atomic E-state index is 12.9. The first-order valence-electron chi connectivity index (χ1n) is 14.5. The average Bonchev–Trinajstić information content (AvgIpc) is 3.25. The lowest BCUT2D eigenvalue weighted by molar-refractivity contribution is -0.197. The number of hydrogen-bond acceptors (Lipinski definition) is 7. The Bertz CT molecular complexity index is 1180. The van der Waals surface area contributed by atoms with Crippen molar-refractivity contribution in [3.05, 3.63) is 83.1 Å². The SMILES string of the molecule is O=C(ON1C(=O)C(CNCC2C=C(OC3C=CC=CC3)C=CC2)NC1O)N1CCC(CCc2ccc(Cl)cc2)CC1. The summed E-state index contributed by atoms with van der Waals surface area (Å²) in [7, 11) is 0. The number of carbonyl (C=O) groups is 2. The molecule has 0 spiro atoms. The third-order valence-corrected chi connectivity index (χ3v) is 8.25. The third-order valence-electron chi connectivity index (χ3n) is 8.00. The Morgan fingerprint density at radius 3 is 2.66 bits per heavy atom. The zero-order valence-electron chi connectivity index (χ0n) is 23.2. The number of ether oxygens (including phenoxy) is 1. The Hall–Kier alpha value is -3.11. The van der Waals surface area contributed by atoms with Crippen LogP contribution in [0.2, 0.25) is 5.02 Å². The summed E-state index contributed by atoms with van der Waals surface area (Å²) in [5, 5.41) is 18.0. The minimum atomic E-state index is -1.38. The van der Waals surface area contributed by atoms with Crippen molar-refractivity contribution in [1.29, 1.82) is 0 Å². The highest BCUT2D eigenvalue weighted by atomic mass is 35.5. The molecule has 0 saturated carbocycles. The Kier molecular flexibility index (Phi) is 10.2. The largest absolute Gasteiger partial charge is 0.486 e. The van der Waals surface area contributed by atoms with Crippen molar-refractivity contribution in [3.8, 4) is 0 Å². The number of aryl methyl sites for hydroxylation is 1. The molecule has 0 aromatic heterocycles. The molecular weight excluding hydrogens is 544 g/mol. The number of carbonyl (C=O) groups excluding carboxylic acids is 2. The average molecular weight is 583 g/mol. The Morgan fingerprint density at radius 2 is 1.90 bits per heavy atom. The van der Waals surface area contributed by atoms with Gasteiger partial charge in [0.25, 0.3) is 5.91 Å². The van der Waals surface area contributed by atoms with Crippen molar-refractivity contribution in [1.82, 2.24) is 20.6 Å². The number of rotatable bonds is 10. The maximum Gasteiger partial charge on any atom is 0.434 e. The molecule has 5 rings (SSSR count). The number of benzene rings is 1. The number of aliphatic hydroxyl groups excluding tert-OH is 1. The summed E-state index contributed by atoms with van der Waals surface area (Å²) in [5.74, 6) is 1.12. The summed E-state index contributed by atoms with van der Waals surface area (Å²) >= 11 is 5.97. The molecule has 2 amide bonds. The van der Waals surface area contributed by atoms with E-state index in [0.29, 0.717) is 32.1 Å². The molecule has 3 N–H and O–H groups in total. The van der Waals surface area contributed by atoms with E-state index >= 15 is 0 Å². The van der Waals surface area contributed by atoms with Gasteiger partial charge >= 0.3 is 6.09 Å². The van der Waals surface area contributed by atoms with Gasteiger partial charge in [0.2, 0.25) is 6.35 Å². The van der Waals surface area contributed by atoms with E-state index in [1.807, 2.05) is 48.6 Å². The fraction of sp³-hybridized carbons (Fsp3) is 0.484. The molecule has 2 saturated heterocycles. The molecule has 10 heteroatoms. The molecule has 2 aliphatic carbocycles. The lowest BCUT2D eigenvalue weighted by Gasteiger charge is -2.32. The first kappa shape index (κ1) is 29.4. The van der Waals surface area contributed by atoms with Crippen LogP contribution in [0.25, 0.3) is 0 Å². The molecule has 4 atom stereocenters. The van der Waals surface area contributed by atoms with Gasteiger partial charge in [0, 0.05) is 37.6 Å². The van der Waals surface area contributed by atoms with E-state index in [2.05, 4.69) is 28.9 Å². The third kappa shape index (κ3) is 8.23. The van der Waals surface area contributed by atoms with Crippen LogP contribution in [0.4, 0.5) is 4.79 Å².